The molecule has 154 valence electrons. The molecule has 0 aliphatic rings. The first-order valence-corrected chi connectivity index (χ1v) is 8.44. The van der Waals surface area contributed by atoms with E-state index >= 15 is 0 Å². The summed E-state index contributed by atoms with van der Waals surface area (Å²) >= 11 is 0. The molecule has 30 heavy (non-hydrogen) atoms. The number of carbonyl (C=O) groups excluding carboxylic acids is 1. The number of hydrogen-bond acceptors (Lipinski definition) is 3. The Labute approximate surface area is 167 Å². The highest BCUT2D eigenvalue weighted by atomic mass is 19.3. The Balaban J connectivity index is 1.91. The van der Waals surface area contributed by atoms with Gasteiger partial charge in [-0.15, -0.1) is 0 Å². The molecule has 0 unspecified atom stereocenters. The van der Waals surface area contributed by atoms with E-state index in [-0.39, 0.29) is 28.0 Å². The molecule has 0 saturated heterocycles. The SMILES string of the molecule is O=C(O)c1ccccc1C(=O)Nc1c(F)cc(-c2cccc(OC(F)F)c2)cc1F. The number of carboxylic acids is 1. The number of halogens is 4. The van der Waals surface area contributed by atoms with Crippen molar-refractivity contribution in [3.05, 3.63) is 83.4 Å². The summed E-state index contributed by atoms with van der Waals surface area (Å²) in [6.45, 7) is -3.06. The van der Waals surface area contributed by atoms with Gasteiger partial charge in [0.25, 0.3) is 5.91 Å². The Morgan fingerprint density at radius 3 is 2.10 bits per heavy atom. The smallest absolute Gasteiger partial charge is 0.387 e. The zero-order valence-corrected chi connectivity index (χ0v) is 15.0. The van der Waals surface area contributed by atoms with Crippen LogP contribution in [0.1, 0.15) is 20.7 Å². The summed E-state index contributed by atoms with van der Waals surface area (Å²) in [5.41, 5.74) is -1.15. The number of carboxylic acid groups (broad SMARTS) is 1. The van der Waals surface area contributed by atoms with Gasteiger partial charge in [0.1, 0.15) is 23.1 Å². The zero-order chi connectivity index (χ0) is 21.8. The average Bonchev–Trinajstić information content (AvgIpc) is 2.70. The van der Waals surface area contributed by atoms with Crippen LogP contribution in [0.15, 0.2) is 60.7 Å². The van der Waals surface area contributed by atoms with E-state index in [0.29, 0.717) is 0 Å². The minimum absolute atomic E-state index is 0.0219. The van der Waals surface area contributed by atoms with E-state index in [1.165, 1.54) is 48.5 Å². The Bertz CT molecular complexity index is 1090. The summed E-state index contributed by atoms with van der Waals surface area (Å²) in [5.74, 6) is -4.84. The molecule has 0 aliphatic heterocycles. The van der Waals surface area contributed by atoms with E-state index in [1.54, 1.807) is 0 Å². The van der Waals surface area contributed by atoms with Gasteiger partial charge in [0, 0.05) is 0 Å². The third kappa shape index (κ3) is 4.57. The third-order valence-corrected chi connectivity index (χ3v) is 4.08. The quantitative estimate of drug-likeness (QED) is 0.540. The lowest BCUT2D eigenvalue weighted by Crippen LogP contribution is -2.18. The lowest BCUT2D eigenvalue weighted by molar-refractivity contribution is -0.0498. The second kappa shape index (κ2) is 8.64. The third-order valence-electron chi connectivity index (χ3n) is 4.08. The van der Waals surface area contributed by atoms with Gasteiger partial charge in [-0.2, -0.15) is 8.78 Å². The molecule has 3 aromatic rings. The van der Waals surface area contributed by atoms with Crippen LogP contribution in [0.3, 0.4) is 0 Å². The number of rotatable bonds is 6. The minimum atomic E-state index is -3.06. The summed E-state index contributed by atoms with van der Waals surface area (Å²) in [6.07, 6.45) is 0. The van der Waals surface area contributed by atoms with Crippen molar-refractivity contribution in [3.63, 3.8) is 0 Å². The summed E-state index contributed by atoms with van der Waals surface area (Å²) in [4.78, 5) is 23.6. The number of ether oxygens (including phenoxy) is 1. The molecule has 0 saturated carbocycles. The van der Waals surface area contributed by atoms with Gasteiger partial charge in [-0.1, -0.05) is 24.3 Å². The molecule has 0 fully saturated rings. The van der Waals surface area contributed by atoms with Crippen molar-refractivity contribution < 1.29 is 37.0 Å². The molecule has 3 rings (SSSR count). The van der Waals surface area contributed by atoms with Gasteiger partial charge >= 0.3 is 12.6 Å². The van der Waals surface area contributed by atoms with Crippen LogP contribution in [0.4, 0.5) is 23.2 Å². The Kier molecular flexibility index (Phi) is 6.01. The number of amides is 1. The van der Waals surface area contributed by atoms with E-state index in [9.17, 15) is 27.2 Å². The molecule has 3 aromatic carbocycles. The van der Waals surface area contributed by atoms with Crippen molar-refractivity contribution in [2.24, 2.45) is 0 Å². The monoisotopic (exact) mass is 419 g/mol. The second-order valence-corrected chi connectivity index (χ2v) is 6.03. The van der Waals surface area contributed by atoms with Crippen LogP contribution in [0, 0.1) is 11.6 Å². The summed E-state index contributed by atoms with van der Waals surface area (Å²) in [6, 6.07) is 12.3. The number of aromatic carboxylic acids is 1. The standard InChI is InChI=1S/C21H13F4NO4/c22-16-9-12(11-4-3-5-13(8-11)30-21(24)25)10-17(23)18(16)26-19(27)14-6-1-2-7-15(14)20(28)29/h1-10,21H,(H,26,27)(H,28,29). The van der Waals surface area contributed by atoms with E-state index in [0.717, 1.165) is 12.1 Å². The molecule has 0 aliphatic carbocycles. The Hall–Kier alpha value is -3.88. The van der Waals surface area contributed by atoms with E-state index in [1.807, 2.05) is 5.32 Å². The normalized spacial score (nSPS) is 10.7. The van der Waals surface area contributed by atoms with E-state index in [4.69, 9.17) is 5.11 Å². The highest BCUT2D eigenvalue weighted by molar-refractivity contribution is 6.10. The van der Waals surface area contributed by atoms with Crippen molar-refractivity contribution in [1.82, 2.24) is 0 Å². The highest BCUT2D eigenvalue weighted by Gasteiger charge is 2.20. The largest absolute Gasteiger partial charge is 0.478 e. The number of alkyl halides is 2. The fourth-order valence-electron chi connectivity index (χ4n) is 2.76. The Morgan fingerprint density at radius 1 is 0.867 bits per heavy atom. The number of hydrogen-bond donors (Lipinski definition) is 2. The fourth-order valence-corrected chi connectivity index (χ4v) is 2.76. The van der Waals surface area contributed by atoms with Gasteiger partial charge in [0.05, 0.1) is 11.1 Å². The van der Waals surface area contributed by atoms with Crippen molar-refractivity contribution in [1.29, 1.82) is 0 Å². The summed E-state index contributed by atoms with van der Waals surface area (Å²) in [7, 11) is 0. The molecule has 0 atom stereocenters. The van der Waals surface area contributed by atoms with Gasteiger partial charge in [-0.25, -0.2) is 13.6 Å². The number of carbonyl (C=O) groups is 2. The van der Waals surface area contributed by atoms with Gasteiger partial charge in [0.2, 0.25) is 0 Å². The highest BCUT2D eigenvalue weighted by Crippen LogP contribution is 2.30. The topological polar surface area (TPSA) is 75.6 Å². The van der Waals surface area contributed by atoms with Crippen LogP contribution in [0.5, 0.6) is 5.75 Å². The van der Waals surface area contributed by atoms with Crippen LogP contribution in [0.2, 0.25) is 0 Å². The summed E-state index contributed by atoms with van der Waals surface area (Å²) < 4.78 is 58.0. The number of nitrogens with one attached hydrogen (secondary N) is 1. The van der Waals surface area contributed by atoms with Crippen LogP contribution in [0.25, 0.3) is 11.1 Å². The average molecular weight is 419 g/mol. The minimum Gasteiger partial charge on any atom is -0.478 e. The fraction of sp³-hybridized carbons (Fsp3) is 0.0476. The van der Waals surface area contributed by atoms with Crippen molar-refractivity contribution in [3.8, 4) is 16.9 Å². The maximum absolute atomic E-state index is 14.5. The van der Waals surface area contributed by atoms with Gasteiger partial charge in [-0.3, -0.25) is 4.79 Å². The first-order valence-electron chi connectivity index (χ1n) is 8.44. The molecular formula is C21H13F4NO4. The molecule has 1 amide bonds. The molecule has 0 aromatic heterocycles. The molecule has 9 heteroatoms. The molecule has 5 nitrogen and oxygen atoms in total. The van der Waals surface area contributed by atoms with Gasteiger partial charge < -0.3 is 15.2 Å². The predicted molar refractivity (Wildman–Crippen MR) is 99.8 cm³/mol. The molecule has 0 bridgehead atoms. The molecule has 0 spiro atoms. The molecule has 2 N–H and O–H groups in total. The van der Waals surface area contributed by atoms with Crippen molar-refractivity contribution >= 4 is 17.6 Å². The first-order chi connectivity index (χ1) is 14.3. The predicted octanol–water partition coefficient (Wildman–Crippen LogP) is 5.18. The second-order valence-electron chi connectivity index (χ2n) is 6.03. The van der Waals surface area contributed by atoms with Crippen LogP contribution >= 0.6 is 0 Å². The Morgan fingerprint density at radius 2 is 1.50 bits per heavy atom. The maximum Gasteiger partial charge on any atom is 0.387 e. The van der Waals surface area contributed by atoms with Crippen LogP contribution in [-0.4, -0.2) is 23.6 Å². The number of benzene rings is 3. The van der Waals surface area contributed by atoms with Gasteiger partial charge in [-0.05, 0) is 47.5 Å². The van der Waals surface area contributed by atoms with E-state index < -0.39 is 35.8 Å². The molecular weight excluding hydrogens is 406 g/mol. The molecule has 0 radical (unpaired) electrons. The molecule has 0 heterocycles. The zero-order valence-electron chi connectivity index (χ0n) is 15.0. The first kappa shape index (κ1) is 20.8. The van der Waals surface area contributed by atoms with E-state index in [2.05, 4.69) is 4.74 Å². The number of anilines is 1. The van der Waals surface area contributed by atoms with Crippen LogP contribution in [-0.2, 0) is 0 Å². The lowest BCUT2D eigenvalue weighted by Gasteiger charge is -2.12. The lowest BCUT2D eigenvalue weighted by atomic mass is 10.0. The van der Waals surface area contributed by atoms with Crippen molar-refractivity contribution in [2.45, 2.75) is 6.61 Å². The maximum atomic E-state index is 14.5. The van der Waals surface area contributed by atoms with Crippen LogP contribution < -0.4 is 10.1 Å². The summed E-state index contributed by atoms with van der Waals surface area (Å²) in [5, 5.41) is 11.2. The van der Waals surface area contributed by atoms with Crippen molar-refractivity contribution in [2.75, 3.05) is 5.32 Å². The van der Waals surface area contributed by atoms with Gasteiger partial charge in [0.15, 0.2) is 0 Å².